The molecule has 1 aromatic heterocycles. The lowest BCUT2D eigenvalue weighted by Crippen LogP contribution is -2.35. The van der Waals surface area contributed by atoms with Crippen molar-refractivity contribution in [3.05, 3.63) is 17.8 Å². The number of hydrogen-bond acceptors (Lipinski definition) is 5. The number of rotatable bonds is 3. The third-order valence-electron chi connectivity index (χ3n) is 2.85. The number of nitrogen functional groups attached to an aromatic ring is 1. The van der Waals surface area contributed by atoms with E-state index in [1.807, 2.05) is 6.92 Å². The van der Waals surface area contributed by atoms with Gasteiger partial charge >= 0.3 is 0 Å². The second kappa shape index (κ2) is 4.21. The van der Waals surface area contributed by atoms with E-state index in [-0.39, 0.29) is 16.8 Å². The third-order valence-corrected chi connectivity index (χ3v) is 2.85. The molecule has 6 nitrogen and oxygen atoms in total. The molecule has 2 heterocycles. The Kier molecular flexibility index (Phi) is 2.89. The van der Waals surface area contributed by atoms with E-state index < -0.39 is 5.91 Å². The summed E-state index contributed by atoms with van der Waals surface area (Å²) in [5, 5.41) is 3.24. The Bertz CT molecular complexity index is 441. The van der Waals surface area contributed by atoms with Gasteiger partial charge in [0.2, 0.25) is 0 Å². The SMILES string of the molecule is CC1(Nc2cc(C(N)=O)c(N)cn2)CCOC1. The van der Waals surface area contributed by atoms with E-state index in [9.17, 15) is 4.79 Å². The van der Waals surface area contributed by atoms with Crippen LogP contribution < -0.4 is 16.8 Å². The van der Waals surface area contributed by atoms with Crippen molar-refractivity contribution in [1.82, 2.24) is 4.98 Å². The first-order valence-electron chi connectivity index (χ1n) is 5.41. The number of ether oxygens (including phenoxy) is 1. The molecular weight excluding hydrogens is 220 g/mol. The normalized spacial score (nSPS) is 23.6. The monoisotopic (exact) mass is 236 g/mol. The zero-order valence-electron chi connectivity index (χ0n) is 9.69. The molecule has 17 heavy (non-hydrogen) atoms. The van der Waals surface area contributed by atoms with Crippen molar-refractivity contribution >= 4 is 17.4 Å². The topological polar surface area (TPSA) is 103 Å². The quantitative estimate of drug-likeness (QED) is 0.702. The summed E-state index contributed by atoms with van der Waals surface area (Å²) >= 11 is 0. The molecule has 0 bridgehead atoms. The highest BCUT2D eigenvalue weighted by Gasteiger charge is 2.29. The molecule has 0 aromatic carbocycles. The number of primary amides is 1. The lowest BCUT2D eigenvalue weighted by molar-refractivity contribution is 0.100. The predicted molar refractivity (Wildman–Crippen MR) is 64.6 cm³/mol. The molecule has 1 unspecified atom stereocenters. The fourth-order valence-electron chi connectivity index (χ4n) is 1.82. The van der Waals surface area contributed by atoms with Crippen LogP contribution in [-0.4, -0.2) is 29.6 Å². The Morgan fingerprint density at radius 3 is 3.00 bits per heavy atom. The zero-order valence-corrected chi connectivity index (χ0v) is 9.69. The van der Waals surface area contributed by atoms with Crippen LogP contribution in [0.5, 0.6) is 0 Å². The van der Waals surface area contributed by atoms with E-state index in [4.69, 9.17) is 16.2 Å². The number of pyridine rings is 1. The van der Waals surface area contributed by atoms with E-state index in [1.54, 1.807) is 6.07 Å². The molecule has 0 spiro atoms. The van der Waals surface area contributed by atoms with Crippen molar-refractivity contribution in [3.8, 4) is 0 Å². The number of anilines is 2. The first-order valence-corrected chi connectivity index (χ1v) is 5.41. The van der Waals surface area contributed by atoms with E-state index in [0.29, 0.717) is 12.4 Å². The van der Waals surface area contributed by atoms with Crippen LogP contribution in [-0.2, 0) is 4.74 Å². The van der Waals surface area contributed by atoms with E-state index >= 15 is 0 Å². The minimum Gasteiger partial charge on any atom is -0.397 e. The fourth-order valence-corrected chi connectivity index (χ4v) is 1.82. The summed E-state index contributed by atoms with van der Waals surface area (Å²) in [7, 11) is 0. The minimum atomic E-state index is -0.555. The predicted octanol–water partition coefficient (Wildman–Crippen LogP) is 0.354. The van der Waals surface area contributed by atoms with Crippen LogP contribution in [0.4, 0.5) is 11.5 Å². The molecule has 2 rings (SSSR count). The van der Waals surface area contributed by atoms with Crippen LogP contribution >= 0.6 is 0 Å². The molecule has 1 amide bonds. The number of nitrogens with two attached hydrogens (primary N) is 2. The van der Waals surface area contributed by atoms with Crippen molar-refractivity contribution in [3.63, 3.8) is 0 Å². The van der Waals surface area contributed by atoms with Crippen molar-refractivity contribution in [1.29, 1.82) is 0 Å². The summed E-state index contributed by atoms with van der Waals surface area (Å²) in [6.07, 6.45) is 2.33. The molecule has 5 N–H and O–H groups in total. The van der Waals surface area contributed by atoms with Gasteiger partial charge in [0.15, 0.2) is 0 Å². The average Bonchev–Trinajstić information content (AvgIpc) is 2.67. The molecule has 0 saturated carbocycles. The Labute approximate surface area is 99.3 Å². The van der Waals surface area contributed by atoms with Crippen LogP contribution in [0, 0.1) is 0 Å². The lowest BCUT2D eigenvalue weighted by Gasteiger charge is -2.24. The van der Waals surface area contributed by atoms with E-state index in [1.165, 1.54) is 6.20 Å². The molecule has 1 aliphatic heterocycles. The van der Waals surface area contributed by atoms with E-state index in [0.717, 1.165) is 13.0 Å². The van der Waals surface area contributed by atoms with Crippen LogP contribution in [0.3, 0.4) is 0 Å². The van der Waals surface area contributed by atoms with Gasteiger partial charge in [-0.3, -0.25) is 4.79 Å². The van der Waals surface area contributed by atoms with Crippen LogP contribution in [0.2, 0.25) is 0 Å². The van der Waals surface area contributed by atoms with Gasteiger partial charge in [-0.2, -0.15) is 0 Å². The van der Waals surface area contributed by atoms with Crippen molar-refractivity contribution in [2.24, 2.45) is 5.73 Å². The molecule has 1 saturated heterocycles. The standard InChI is InChI=1S/C11H16N4O2/c1-11(2-3-17-6-11)15-9-4-7(10(13)16)8(12)5-14-9/h4-5H,2-3,6,12H2,1H3,(H2,13,16)(H,14,15). The van der Waals surface area contributed by atoms with Crippen LogP contribution in [0.1, 0.15) is 23.7 Å². The smallest absolute Gasteiger partial charge is 0.250 e. The summed E-state index contributed by atoms with van der Waals surface area (Å²) in [5.74, 6) is 0.0294. The van der Waals surface area contributed by atoms with Crippen LogP contribution in [0.15, 0.2) is 12.3 Å². The Morgan fingerprint density at radius 1 is 1.65 bits per heavy atom. The summed E-state index contributed by atoms with van der Waals surface area (Å²) in [6.45, 7) is 3.38. The van der Waals surface area contributed by atoms with Gasteiger partial charge in [-0.15, -0.1) is 0 Å². The third kappa shape index (κ3) is 2.47. The van der Waals surface area contributed by atoms with Gasteiger partial charge in [0.1, 0.15) is 5.82 Å². The van der Waals surface area contributed by atoms with Crippen LogP contribution in [0.25, 0.3) is 0 Å². The maximum absolute atomic E-state index is 11.2. The second-order valence-electron chi connectivity index (χ2n) is 4.51. The molecule has 1 aliphatic rings. The molecule has 92 valence electrons. The van der Waals surface area contributed by atoms with Crippen molar-refractivity contribution in [2.75, 3.05) is 24.3 Å². The largest absolute Gasteiger partial charge is 0.397 e. The van der Waals surface area contributed by atoms with Gasteiger partial charge < -0.3 is 21.5 Å². The number of aromatic nitrogens is 1. The number of nitrogens with zero attached hydrogens (tertiary/aromatic N) is 1. The highest BCUT2D eigenvalue weighted by molar-refractivity contribution is 5.98. The number of amides is 1. The Hall–Kier alpha value is -1.82. The lowest BCUT2D eigenvalue weighted by atomic mass is 10.0. The minimum absolute atomic E-state index is 0.155. The molecule has 6 heteroatoms. The summed E-state index contributed by atoms with van der Waals surface area (Å²) < 4.78 is 5.33. The highest BCUT2D eigenvalue weighted by atomic mass is 16.5. The highest BCUT2D eigenvalue weighted by Crippen LogP contribution is 2.24. The van der Waals surface area contributed by atoms with Gasteiger partial charge in [0.05, 0.1) is 29.6 Å². The first-order chi connectivity index (χ1) is 8.00. The molecule has 0 radical (unpaired) electrons. The molecule has 1 atom stereocenters. The fraction of sp³-hybridized carbons (Fsp3) is 0.455. The summed E-state index contributed by atoms with van der Waals surface area (Å²) in [5.41, 5.74) is 11.3. The molecule has 1 fully saturated rings. The average molecular weight is 236 g/mol. The zero-order chi connectivity index (χ0) is 12.5. The summed E-state index contributed by atoms with van der Waals surface area (Å²) in [6, 6.07) is 1.57. The van der Waals surface area contributed by atoms with Gasteiger partial charge in [0.25, 0.3) is 5.91 Å². The van der Waals surface area contributed by atoms with Gasteiger partial charge in [-0.05, 0) is 19.4 Å². The number of hydrogen-bond donors (Lipinski definition) is 3. The van der Waals surface area contributed by atoms with Gasteiger partial charge in [-0.25, -0.2) is 4.98 Å². The Balaban J connectivity index is 2.22. The number of nitrogens with one attached hydrogen (secondary N) is 1. The van der Waals surface area contributed by atoms with Gasteiger partial charge in [0, 0.05) is 6.61 Å². The first kappa shape index (κ1) is 11.7. The molecule has 0 aliphatic carbocycles. The van der Waals surface area contributed by atoms with Crippen molar-refractivity contribution < 1.29 is 9.53 Å². The molecular formula is C11H16N4O2. The van der Waals surface area contributed by atoms with Crippen molar-refractivity contribution in [2.45, 2.75) is 18.9 Å². The number of carbonyl (C=O) groups excluding carboxylic acids is 1. The Morgan fingerprint density at radius 2 is 2.41 bits per heavy atom. The van der Waals surface area contributed by atoms with E-state index in [2.05, 4.69) is 10.3 Å². The number of carbonyl (C=O) groups is 1. The van der Waals surface area contributed by atoms with Gasteiger partial charge in [-0.1, -0.05) is 0 Å². The maximum Gasteiger partial charge on any atom is 0.250 e. The second-order valence-corrected chi connectivity index (χ2v) is 4.51. The maximum atomic E-state index is 11.2. The molecule has 1 aromatic rings. The summed E-state index contributed by atoms with van der Waals surface area (Å²) in [4.78, 5) is 15.3.